The summed E-state index contributed by atoms with van der Waals surface area (Å²) in [5.41, 5.74) is -0.247. The Kier molecular flexibility index (Phi) is 3.43. The number of rotatable bonds is 3. The first-order chi connectivity index (χ1) is 9.15. The first-order valence-electron chi connectivity index (χ1n) is 7.23. The molecular formula is C14H23N3OS. The Bertz CT molecular complexity index is 491. The van der Waals surface area contributed by atoms with E-state index in [1.54, 1.807) is 6.20 Å². The fraction of sp³-hybridized carbons (Fsp3) is 0.714. The number of aromatic nitrogens is 2. The third-order valence-corrected chi connectivity index (χ3v) is 7.31. The van der Waals surface area contributed by atoms with Crippen LogP contribution in [0.15, 0.2) is 17.5 Å². The highest BCUT2D eigenvalue weighted by atomic mass is 32.2. The van der Waals surface area contributed by atoms with Crippen LogP contribution >= 0.6 is 11.1 Å². The van der Waals surface area contributed by atoms with E-state index in [0.717, 1.165) is 30.1 Å². The van der Waals surface area contributed by atoms with Gasteiger partial charge in [-0.1, -0.05) is 33.1 Å². The van der Waals surface area contributed by atoms with Crippen molar-refractivity contribution in [2.75, 3.05) is 0 Å². The molecule has 1 saturated carbocycles. The Morgan fingerprint density at radius 3 is 2.84 bits per heavy atom. The molecule has 1 aliphatic heterocycles. The lowest BCUT2D eigenvalue weighted by Gasteiger charge is -2.42. The number of fused-ring (bicyclic) bond motifs is 1. The topological polar surface area (TPSA) is 50.4 Å². The Balaban J connectivity index is 1.90. The quantitative estimate of drug-likeness (QED) is 0.834. The van der Waals surface area contributed by atoms with E-state index in [4.69, 9.17) is 0 Å². The largest absolute Gasteiger partial charge is 0.382 e. The van der Waals surface area contributed by atoms with Crippen LogP contribution in [0.4, 0.5) is 5.82 Å². The standard InChI is InChI=1S/C14H23N3OS/c1-3-12-16-11-9-15-10-17(11)19(12)13(18)14(2)7-5-4-6-8-14/h9-10,13,18-19H,3-8H2,1-2H3. The van der Waals surface area contributed by atoms with Gasteiger partial charge in [0.25, 0.3) is 0 Å². The van der Waals surface area contributed by atoms with E-state index in [0.29, 0.717) is 0 Å². The van der Waals surface area contributed by atoms with Gasteiger partial charge in [0, 0.05) is 5.41 Å². The summed E-state index contributed by atoms with van der Waals surface area (Å²) in [6, 6.07) is 0. The van der Waals surface area contributed by atoms with Gasteiger partial charge in [0.15, 0.2) is 5.82 Å². The second kappa shape index (κ2) is 4.94. The highest BCUT2D eigenvalue weighted by molar-refractivity contribution is 8.29. The van der Waals surface area contributed by atoms with Gasteiger partial charge in [-0.3, -0.25) is 3.97 Å². The third kappa shape index (κ3) is 2.13. The van der Waals surface area contributed by atoms with E-state index >= 15 is 0 Å². The second-order valence-corrected chi connectivity index (χ2v) is 8.04. The molecule has 19 heavy (non-hydrogen) atoms. The molecular weight excluding hydrogens is 258 g/mol. The van der Waals surface area contributed by atoms with Crippen LogP contribution in [-0.4, -0.2) is 24.5 Å². The fourth-order valence-corrected chi connectivity index (χ4v) is 5.88. The van der Waals surface area contributed by atoms with Crippen molar-refractivity contribution in [3.05, 3.63) is 12.5 Å². The Hall–Kier alpha value is -0.810. The second-order valence-electron chi connectivity index (χ2n) is 5.91. The smallest absolute Gasteiger partial charge is 0.162 e. The van der Waals surface area contributed by atoms with Gasteiger partial charge in [0.2, 0.25) is 0 Å². The lowest BCUT2D eigenvalue weighted by Crippen LogP contribution is -2.36. The first-order valence-corrected chi connectivity index (χ1v) is 8.59. The summed E-state index contributed by atoms with van der Waals surface area (Å²) in [4.78, 5) is 8.82. The summed E-state index contributed by atoms with van der Waals surface area (Å²) in [6.07, 6.45) is 10.6. The van der Waals surface area contributed by atoms with E-state index in [2.05, 4.69) is 27.8 Å². The monoisotopic (exact) mass is 281 g/mol. The van der Waals surface area contributed by atoms with Gasteiger partial charge in [-0.15, -0.1) is 11.1 Å². The van der Waals surface area contributed by atoms with Gasteiger partial charge in [-0.2, -0.15) is 0 Å². The van der Waals surface area contributed by atoms with E-state index in [-0.39, 0.29) is 10.9 Å². The lowest BCUT2D eigenvalue weighted by atomic mass is 9.76. The summed E-state index contributed by atoms with van der Waals surface area (Å²) in [7, 11) is 0. The van der Waals surface area contributed by atoms with Crippen LogP contribution in [-0.2, 0) is 0 Å². The molecule has 0 radical (unpaired) electrons. The Morgan fingerprint density at radius 2 is 2.16 bits per heavy atom. The molecule has 0 spiro atoms. The molecule has 1 aliphatic carbocycles. The SMILES string of the molecule is CCC1=Nc2cncn2[SH]1C(O)C1(C)CCCCC1. The highest BCUT2D eigenvalue weighted by Gasteiger charge is 2.41. The van der Waals surface area contributed by atoms with Crippen molar-refractivity contribution in [3.63, 3.8) is 0 Å². The van der Waals surface area contributed by atoms with E-state index in [1.165, 1.54) is 19.3 Å². The molecule has 5 heteroatoms. The van der Waals surface area contributed by atoms with Crippen LogP contribution < -0.4 is 0 Å². The normalized spacial score (nSPS) is 28.8. The average molecular weight is 281 g/mol. The van der Waals surface area contributed by atoms with Gasteiger partial charge in [-0.05, 0) is 19.3 Å². The summed E-state index contributed by atoms with van der Waals surface area (Å²) in [6.45, 7) is 4.38. The number of aliphatic hydroxyl groups is 1. The summed E-state index contributed by atoms with van der Waals surface area (Å²) in [5, 5.41) is 12.2. The maximum absolute atomic E-state index is 11.0. The molecule has 1 aromatic rings. The molecule has 106 valence electrons. The lowest BCUT2D eigenvalue weighted by molar-refractivity contribution is 0.0722. The van der Waals surface area contributed by atoms with Crippen molar-refractivity contribution in [1.82, 2.24) is 8.96 Å². The minimum atomic E-state index is -0.760. The van der Waals surface area contributed by atoms with Crippen molar-refractivity contribution in [2.24, 2.45) is 10.4 Å². The minimum Gasteiger partial charge on any atom is -0.382 e. The number of aliphatic hydroxyl groups excluding tert-OH is 1. The van der Waals surface area contributed by atoms with Crippen LogP contribution in [0, 0.1) is 5.41 Å². The predicted octanol–water partition coefficient (Wildman–Crippen LogP) is 3.39. The van der Waals surface area contributed by atoms with Crippen LogP contribution in [0.2, 0.25) is 0 Å². The Labute approximate surface area is 117 Å². The van der Waals surface area contributed by atoms with Gasteiger partial charge < -0.3 is 5.11 Å². The van der Waals surface area contributed by atoms with Crippen LogP contribution in [0.25, 0.3) is 0 Å². The predicted molar refractivity (Wildman–Crippen MR) is 81.2 cm³/mol. The number of hydrogen-bond donors (Lipinski definition) is 2. The summed E-state index contributed by atoms with van der Waals surface area (Å²) >= 11 is -0.760. The van der Waals surface area contributed by atoms with Crippen LogP contribution in [0.3, 0.4) is 0 Å². The molecule has 1 N–H and O–H groups in total. The van der Waals surface area contributed by atoms with Gasteiger partial charge in [0.05, 0.1) is 11.2 Å². The minimum absolute atomic E-state index is 0.0474. The number of nitrogens with zero attached hydrogens (tertiary/aromatic N) is 3. The highest BCUT2D eigenvalue weighted by Crippen LogP contribution is 2.53. The molecule has 1 fully saturated rings. The van der Waals surface area contributed by atoms with E-state index in [1.807, 2.05) is 6.33 Å². The number of imidazole rings is 1. The molecule has 0 bridgehead atoms. The number of aliphatic imine (C=N–C) groups is 1. The Morgan fingerprint density at radius 1 is 1.42 bits per heavy atom. The van der Waals surface area contributed by atoms with Crippen LogP contribution in [0.5, 0.6) is 0 Å². The van der Waals surface area contributed by atoms with Gasteiger partial charge in [-0.25, -0.2) is 9.98 Å². The molecule has 2 heterocycles. The van der Waals surface area contributed by atoms with Crippen molar-refractivity contribution < 1.29 is 5.11 Å². The fourth-order valence-electron chi connectivity index (χ4n) is 3.25. The molecule has 2 atom stereocenters. The molecule has 3 rings (SSSR count). The zero-order valence-corrected chi connectivity index (χ0v) is 12.6. The van der Waals surface area contributed by atoms with Gasteiger partial charge in [0.1, 0.15) is 11.8 Å². The maximum atomic E-state index is 11.0. The average Bonchev–Trinajstić information content (AvgIpc) is 2.98. The van der Waals surface area contributed by atoms with Crippen molar-refractivity contribution in [2.45, 2.75) is 57.8 Å². The zero-order chi connectivity index (χ0) is 13.5. The molecule has 1 aromatic heterocycles. The molecule has 0 amide bonds. The van der Waals surface area contributed by atoms with E-state index < -0.39 is 11.1 Å². The maximum Gasteiger partial charge on any atom is 0.162 e. The third-order valence-electron chi connectivity index (χ3n) is 4.51. The molecule has 2 aliphatic rings. The van der Waals surface area contributed by atoms with Gasteiger partial charge >= 0.3 is 0 Å². The summed E-state index contributed by atoms with van der Waals surface area (Å²) in [5.74, 6) is 0.918. The molecule has 0 aromatic carbocycles. The zero-order valence-electron chi connectivity index (χ0n) is 11.7. The number of hydrogen-bond acceptors (Lipinski definition) is 3. The van der Waals surface area contributed by atoms with Crippen molar-refractivity contribution in [1.29, 1.82) is 0 Å². The first kappa shape index (κ1) is 13.2. The van der Waals surface area contributed by atoms with E-state index in [9.17, 15) is 5.11 Å². The van der Waals surface area contributed by atoms with Crippen LogP contribution in [0.1, 0.15) is 52.4 Å². The molecule has 0 saturated heterocycles. The molecule has 4 nitrogen and oxygen atoms in total. The van der Waals surface area contributed by atoms with Crippen molar-refractivity contribution in [3.8, 4) is 0 Å². The number of thiol groups is 1. The summed E-state index contributed by atoms with van der Waals surface area (Å²) < 4.78 is 2.11. The molecule has 2 unspecified atom stereocenters. The van der Waals surface area contributed by atoms with Crippen molar-refractivity contribution >= 4 is 21.9 Å².